The second-order valence-electron chi connectivity index (χ2n) is 3.83. The summed E-state index contributed by atoms with van der Waals surface area (Å²) >= 11 is 0. The van der Waals surface area contributed by atoms with Crippen LogP contribution >= 0.6 is 0 Å². The number of alkyl halides is 3. The number of rotatable bonds is 1. The average Bonchev–Trinajstić information content (AvgIpc) is 2.31. The van der Waals surface area contributed by atoms with Gasteiger partial charge in [-0.25, -0.2) is 0 Å². The summed E-state index contributed by atoms with van der Waals surface area (Å²) in [5.74, 6) is 0.204. The number of ether oxygens (including phenoxy) is 1. The first-order valence-corrected chi connectivity index (χ1v) is 5.13. The summed E-state index contributed by atoms with van der Waals surface area (Å²) in [7, 11) is 1.33. The van der Waals surface area contributed by atoms with E-state index in [1.54, 1.807) is 6.07 Å². The van der Waals surface area contributed by atoms with E-state index in [0.29, 0.717) is 0 Å². The van der Waals surface area contributed by atoms with E-state index in [1.807, 2.05) is 0 Å². The summed E-state index contributed by atoms with van der Waals surface area (Å²) in [6.45, 7) is 1.15. The molecular formula is C12H10F3NO2. The van der Waals surface area contributed by atoms with Crippen molar-refractivity contribution in [3.05, 3.63) is 39.7 Å². The molecule has 6 heteroatoms. The first kappa shape index (κ1) is 12.5. The normalized spacial score (nSPS) is 11.8. The molecule has 3 nitrogen and oxygen atoms in total. The van der Waals surface area contributed by atoms with Crippen molar-refractivity contribution in [1.29, 1.82) is 0 Å². The number of hydrogen-bond acceptors (Lipinski definition) is 2. The van der Waals surface area contributed by atoms with Gasteiger partial charge in [0.15, 0.2) is 5.43 Å². The minimum atomic E-state index is -4.60. The number of nitrogens with one attached hydrogen (secondary N) is 1. The molecule has 0 aliphatic carbocycles. The Labute approximate surface area is 100 Å². The SMILES string of the molecule is COc1cccc2c(=O)c(C)c(C(F)(F)F)[nH]c12. The van der Waals surface area contributed by atoms with Crippen molar-refractivity contribution in [1.82, 2.24) is 4.98 Å². The van der Waals surface area contributed by atoms with Gasteiger partial charge in [-0.3, -0.25) is 4.79 Å². The molecule has 2 rings (SSSR count). The van der Waals surface area contributed by atoms with Crippen molar-refractivity contribution in [2.24, 2.45) is 0 Å². The third-order valence-electron chi connectivity index (χ3n) is 2.74. The lowest BCUT2D eigenvalue weighted by molar-refractivity contribution is -0.141. The number of benzene rings is 1. The maximum atomic E-state index is 12.8. The Bertz CT molecular complexity index is 659. The highest BCUT2D eigenvalue weighted by molar-refractivity contribution is 5.85. The molecule has 1 heterocycles. The molecule has 0 amide bonds. The third-order valence-corrected chi connectivity index (χ3v) is 2.74. The van der Waals surface area contributed by atoms with Crippen LogP contribution in [0.3, 0.4) is 0 Å². The Hall–Kier alpha value is -1.98. The summed E-state index contributed by atoms with van der Waals surface area (Å²) in [6, 6.07) is 4.51. The van der Waals surface area contributed by atoms with Gasteiger partial charge in [0.05, 0.1) is 12.6 Å². The summed E-state index contributed by atoms with van der Waals surface area (Å²) < 4.78 is 43.3. The fraction of sp³-hybridized carbons (Fsp3) is 0.250. The van der Waals surface area contributed by atoms with Crippen LogP contribution in [0.15, 0.2) is 23.0 Å². The molecule has 1 aromatic carbocycles. The van der Waals surface area contributed by atoms with Crippen LogP contribution in [0.5, 0.6) is 5.75 Å². The predicted octanol–water partition coefficient (Wildman–Crippen LogP) is 2.86. The zero-order valence-corrected chi connectivity index (χ0v) is 9.68. The minimum absolute atomic E-state index is 0.0583. The molecule has 0 spiro atoms. The van der Waals surface area contributed by atoms with Gasteiger partial charge in [-0.05, 0) is 19.1 Å². The van der Waals surface area contributed by atoms with E-state index in [1.165, 1.54) is 19.2 Å². The van der Waals surface area contributed by atoms with E-state index in [0.717, 1.165) is 6.92 Å². The smallest absolute Gasteiger partial charge is 0.431 e. The minimum Gasteiger partial charge on any atom is -0.495 e. The summed E-state index contributed by atoms with van der Waals surface area (Å²) in [5, 5.41) is 0.180. The van der Waals surface area contributed by atoms with Gasteiger partial charge in [-0.15, -0.1) is 0 Å². The molecule has 1 N–H and O–H groups in total. The van der Waals surface area contributed by atoms with Crippen LogP contribution in [0.4, 0.5) is 13.2 Å². The standard InChI is InChI=1S/C12H10F3NO2/c1-6-10(17)7-4-3-5-8(18-2)9(7)16-11(6)12(13,14)15/h3-5H,1-2H3,(H,16,17). The van der Waals surface area contributed by atoms with Gasteiger partial charge in [0, 0.05) is 10.9 Å². The largest absolute Gasteiger partial charge is 0.495 e. The van der Waals surface area contributed by atoms with Crippen LogP contribution in [0.1, 0.15) is 11.3 Å². The number of fused-ring (bicyclic) bond motifs is 1. The van der Waals surface area contributed by atoms with E-state index < -0.39 is 17.3 Å². The van der Waals surface area contributed by atoms with Crippen LogP contribution in [0, 0.1) is 6.92 Å². The maximum Gasteiger partial charge on any atom is 0.431 e. The van der Waals surface area contributed by atoms with E-state index in [2.05, 4.69) is 4.98 Å². The van der Waals surface area contributed by atoms with E-state index in [4.69, 9.17) is 4.74 Å². The van der Waals surface area contributed by atoms with E-state index in [9.17, 15) is 18.0 Å². The van der Waals surface area contributed by atoms with Crippen LogP contribution < -0.4 is 10.2 Å². The Morgan fingerprint density at radius 3 is 2.50 bits per heavy atom. The number of aromatic nitrogens is 1. The molecule has 1 aromatic heterocycles. The summed E-state index contributed by atoms with van der Waals surface area (Å²) in [5.41, 5.74) is -1.97. The first-order chi connectivity index (χ1) is 8.36. The average molecular weight is 257 g/mol. The van der Waals surface area contributed by atoms with Crippen molar-refractivity contribution in [2.45, 2.75) is 13.1 Å². The maximum absolute atomic E-state index is 12.8. The number of methoxy groups -OCH3 is 1. The zero-order chi connectivity index (χ0) is 13.5. The van der Waals surface area contributed by atoms with Crippen molar-refractivity contribution >= 4 is 10.9 Å². The Morgan fingerprint density at radius 1 is 1.28 bits per heavy atom. The molecule has 0 aliphatic heterocycles. The van der Waals surface area contributed by atoms with Gasteiger partial charge < -0.3 is 9.72 Å². The lowest BCUT2D eigenvalue weighted by Gasteiger charge is -2.13. The van der Waals surface area contributed by atoms with Crippen molar-refractivity contribution < 1.29 is 17.9 Å². The highest BCUT2D eigenvalue weighted by Gasteiger charge is 2.35. The molecule has 0 saturated carbocycles. The molecule has 2 aromatic rings. The van der Waals surface area contributed by atoms with E-state index >= 15 is 0 Å². The highest BCUT2D eigenvalue weighted by Crippen LogP contribution is 2.32. The van der Waals surface area contributed by atoms with Crippen LogP contribution in [-0.4, -0.2) is 12.1 Å². The Balaban J connectivity index is 2.94. The number of para-hydroxylation sites is 1. The van der Waals surface area contributed by atoms with Crippen LogP contribution in [0.25, 0.3) is 10.9 Å². The van der Waals surface area contributed by atoms with E-state index in [-0.39, 0.29) is 22.2 Å². The van der Waals surface area contributed by atoms with Gasteiger partial charge in [0.1, 0.15) is 11.4 Å². The zero-order valence-electron chi connectivity index (χ0n) is 9.68. The fourth-order valence-corrected chi connectivity index (χ4v) is 1.84. The monoisotopic (exact) mass is 257 g/mol. The van der Waals surface area contributed by atoms with Gasteiger partial charge in [0.25, 0.3) is 0 Å². The number of hydrogen-bond donors (Lipinski definition) is 1. The van der Waals surface area contributed by atoms with Crippen molar-refractivity contribution in [3.63, 3.8) is 0 Å². The molecule has 18 heavy (non-hydrogen) atoms. The fourth-order valence-electron chi connectivity index (χ4n) is 1.84. The second-order valence-corrected chi connectivity index (χ2v) is 3.83. The molecular weight excluding hydrogens is 247 g/mol. The number of pyridine rings is 1. The topological polar surface area (TPSA) is 42.1 Å². The Morgan fingerprint density at radius 2 is 1.94 bits per heavy atom. The number of H-pyrrole nitrogens is 1. The molecule has 0 bridgehead atoms. The van der Waals surface area contributed by atoms with Gasteiger partial charge in [-0.2, -0.15) is 13.2 Å². The van der Waals surface area contributed by atoms with Gasteiger partial charge in [0.2, 0.25) is 0 Å². The third kappa shape index (κ3) is 1.83. The number of aromatic amines is 1. The summed E-state index contributed by atoms with van der Waals surface area (Å²) in [4.78, 5) is 14.1. The highest BCUT2D eigenvalue weighted by atomic mass is 19.4. The predicted molar refractivity (Wildman–Crippen MR) is 60.9 cm³/mol. The lowest BCUT2D eigenvalue weighted by Crippen LogP contribution is -2.19. The quantitative estimate of drug-likeness (QED) is 0.853. The van der Waals surface area contributed by atoms with Gasteiger partial charge in [-0.1, -0.05) is 6.07 Å². The van der Waals surface area contributed by atoms with Crippen LogP contribution in [-0.2, 0) is 6.18 Å². The number of halogens is 3. The molecule has 0 radical (unpaired) electrons. The molecule has 0 saturated heterocycles. The van der Waals surface area contributed by atoms with Crippen molar-refractivity contribution in [2.75, 3.05) is 7.11 Å². The lowest BCUT2D eigenvalue weighted by atomic mass is 10.1. The van der Waals surface area contributed by atoms with Crippen LogP contribution in [0.2, 0.25) is 0 Å². The summed E-state index contributed by atoms with van der Waals surface area (Å²) in [6.07, 6.45) is -4.60. The Kier molecular flexibility index (Phi) is 2.80. The molecule has 0 unspecified atom stereocenters. The second kappa shape index (κ2) is 4.04. The molecule has 0 aliphatic rings. The molecule has 96 valence electrons. The molecule has 0 atom stereocenters. The van der Waals surface area contributed by atoms with Gasteiger partial charge >= 0.3 is 6.18 Å². The first-order valence-electron chi connectivity index (χ1n) is 5.13. The molecule has 0 fully saturated rings. The van der Waals surface area contributed by atoms with Crippen molar-refractivity contribution in [3.8, 4) is 5.75 Å².